The second kappa shape index (κ2) is 7.86. The van der Waals surface area contributed by atoms with Gasteiger partial charge in [0.05, 0.1) is 0 Å². The summed E-state index contributed by atoms with van der Waals surface area (Å²) in [7, 11) is 0. The Hall–Kier alpha value is -2.12. The molecular weight excluding hydrogens is 350 g/mol. The molecule has 0 radical (unpaired) electrons. The summed E-state index contributed by atoms with van der Waals surface area (Å²) in [4.78, 5) is 52.2. The second-order valence-corrected chi connectivity index (χ2v) is 8.03. The Morgan fingerprint density at radius 1 is 1.15 bits per heavy atom. The third-order valence-electron chi connectivity index (χ3n) is 6.27. The average molecular weight is 379 g/mol. The maximum atomic E-state index is 12.8. The first-order chi connectivity index (χ1) is 12.8. The van der Waals surface area contributed by atoms with E-state index < -0.39 is 24.1 Å². The predicted molar refractivity (Wildman–Crippen MR) is 96.6 cm³/mol. The van der Waals surface area contributed by atoms with Crippen LogP contribution in [-0.4, -0.2) is 64.9 Å². The van der Waals surface area contributed by atoms with E-state index in [-0.39, 0.29) is 30.4 Å². The maximum absolute atomic E-state index is 12.8. The van der Waals surface area contributed by atoms with Crippen molar-refractivity contribution >= 4 is 23.8 Å². The highest BCUT2D eigenvalue weighted by Gasteiger charge is 2.55. The van der Waals surface area contributed by atoms with Crippen molar-refractivity contribution in [2.45, 2.75) is 70.4 Å². The summed E-state index contributed by atoms with van der Waals surface area (Å²) < 4.78 is 5.06. The number of carbonyl (C=O) groups is 4. The van der Waals surface area contributed by atoms with Crippen molar-refractivity contribution in [1.82, 2.24) is 15.1 Å². The molecule has 3 aliphatic rings. The molecule has 3 atom stereocenters. The molecule has 0 bridgehead atoms. The van der Waals surface area contributed by atoms with Crippen LogP contribution in [0.3, 0.4) is 0 Å². The van der Waals surface area contributed by atoms with Gasteiger partial charge in [0.25, 0.3) is 11.8 Å². The van der Waals surface area contributed by atoms with E-state index in [9.17, 15) is 19.2 Å². The van der Waals surface area contributed by atoms with Gasteiger partial charge in [-0.05, 0) is 44.9 Å². The average Bonchev–Trinajstić information content (AvgIpc) is 2.87. The molecule has 2 heterocycles. The first-order valence-electron chi connectivity index (χ1n) is 9.94. The lowest BCUT2D eigenvalue weighted by Crippen LogP contribution is -2.54. The standard InChI is InChI=1S/C19H29N3O5/c1-13-7-3-5-9-19(13)17(25)22(18(26)20-19)11-16(24)27-12-15(23)21-10-6-4-8-14(21)2/h13-14H,3-12H2,1-2H3,(H,20,26)/t13-,14-,19+/m0/s1. The molecule has 8 nitrogen and oxygen atoms in total. The van der Waals surface area contributed by atoms with Gasteiger partial charge in [-0.3, -0.25) is 19.3 Å². The van der Waals surface area contributed by atoms with Crippen LogP contribution in [0.2, 0.25) is 0 Å². The molecule has 27 heavy (non-hydrogen) atoms. The SMILES string of the molecule is C[C@H]1CCCCN1C(=O)COC(=O)CN1C(=O)N[C@@]2(CCCC[C@@H]2C)C1=O. The topological polar surface area (TPSA) is 96.0 Å². The highest BCUT2D eigenvalue weighted by atomic mass is 16.5. The second-order valence-electron chi connectivity index (χ2n) is 8.03. The number of nitrogens with zero attached hydrogens (tertiary/aromatic N) is 2. The molecule has 2 aliphatic heterocycles. The van der Waals surface area contributed by atoms with Gasteiger partial charge in [0, 0.05) is 12.6 Å². The highest BCUT2D eigenvalue weighted by Crippen LogP contribution is 2.38. The van der Waals surface area contributed by atoms with Gasteiger partial charge in [0.1, 0.15) is 12.1 Å². The first kappa shape index (κ1) is 19.6. The van der Waals surface area contributed by atoms with E-state index >= 15 is 0 Å². The minimum absolute atomic E-state index is 0.0332. The molecule has 0 aromatic heterocycles. The van der Waals surface area contributed by atoms with E-state index in [0.717, 1.165) is 43.4 Å². The Balaban J connectivity index is 1.54. The Kier molecular flexibility index (Phi) is 5.72. The van der Waals surface area contributed by atoms with Crippen LogP contribution in [0.1, 0.15) is 58.8 Å². The fourth-order valence-electron chi connectivity index (χ4n) is 4.51. The largest absolute Gasteiger partial charge is 0.454 e. The van der Waals surface area contributed by atoms with Gasteiger partial charge in [0.15, 0.2) is 6.61 Å². The summed E-state index contributed by atoms with van der Waals surface area (Å²) in [6, 6.07) is -0.412. The summed E-state index contributed by atoms with van der Waals surface area (Å²) in [5, 5.41) is 2.80. The lowest BCUT2D eigenvalue weighted by Gasteiger charge is -2.36. The van der Waals surface area contributed by atoms with Crippen LogP contribution in [-0.2, 0) is 19.1 Å². The molecule has 0 aromatic rings. The molecule has 4 amide bonds. The van der Waals surface area contributed by atoms with Gasteiger partial charge >= 0.3 is 12.0 Å². The van der Waals surface area contributed by atoms with Crippen molar-refractivity contribution in [3.05, 3.63) is 0 Å². The number of esters is 1. The molecule has 3 rings (SSSR count). The number of hydrogen-bond donors (Lipinski definition) is 1. The molecule has 1 saturated carbocycles. The summed E-state index contributed by atoms with van der Waals surface area (Å²) in [5.41, 5.74) is -0.894. The summed E-state index contributed by atoms with van der Waals surface area (Å²) in [6.07, 6.45) is 6.36. The van der Waals surface area contributed by atoms with Crippen molar-refractivity contribution in [2.24, 2.45) is 5.92 Å². The molecule has 1 N–H and O–H groups in total. The van der Waals surface area contributed by atoms with E-state index in [1.807, 2.05) is 13.8 Å². The fourth-order valence-corrected chi connectivity index (χ4v) is 4.51. The lowest BCUT2D eigenvalue weighted by molar-refractivity contribution is -0.155. The van der Waals surface area contributed by atoms with E-state index in [4.69, 9.17) is 4.74 Å². The summed E-state index contributed by atoms with van der Waals surface area (Å²) in [6.45, 7) is 3.80. The number of nitrogens with one attached hydrogen (secondary N) is 1. The van der Waals surface area contributed by atoms with Gasteiger partial charge in [0.2, 0.25) is 0 Å². The zero-order valence-corrected chi connectivity index (χ0v) is 16.2. The van der Waals surface area contributed by atoms with Crippen molar-refractivity contribution < 1.29 is 23.9 Å². The van der Waals surface area contributed by atoms with Crippen molar-refractivity contribution in [3.63, 3.8) is 0 Å². The fraction of sp³-hybridized carbons (Fsp3) is 0.789. The van der Waals surface area contributed by atoms with Crippen LogP contribution in [0.25, 0.3) is 0 Å². The highest BCUT2D eigenvalue weighted by molar-refractivity contribution is 6.09. The van der Waals surface area contributed by atoms with Gasteiger partial charge in [-0.2, -0.15) is 0 Å². The van der Waals surface area contributed by atoms with Gasteiger partial charge in [-0.25, -0.2) is 4.79 Å². The van der Waals surface area contributed by atoms with Gasteiger partial charge < -0.3 is 15.0 Å². The van der Waals surface area contributed by atoms with E-state index in [2.05, 4.69) is 5.32 Å². The zero-order valence-electron chi connectivity index (χ0n) is 16.2. The number of likely N-dealkylation sites (tertiary alicyclic amines) is 1. The smallest absolute Gasteiger partial charge is 0.326 e. The van der Waals surface area contributed by atoms with Crippen molar-refractivity contribution in [1.29, 1.82) is 0 Å². The summed E-state index contributed by atoms with van der Waals surface area (Å²) in [5.74, 6) is -1.29. The number of imide groups is 1. The molecular formula is C19H29N3O5. The molecule has 2 saturated heterocycles. The number of carbonyl (C=O) groups excluding carboxylic acids is 4. The number of hydrogen-bond acceptors (Lipinski definition) is 5. The number of ether oxygens (including phenoxy) is 1. The van der Waals surface area contributed by atoms with Crippen molar-refractivity contribution in [2.75, 3.05) is 19.7 Å². The Morgan fingerprint density at radius 2 is 1.89 bits per heavy atom. The van der Waals surface area contributed by atoms with Crippen LogP contribution in [0.5, 0.6) is 0 Å². The minimum Gasteiger partial charge on any atom is -0.454 e. The molecule has 3 fully saturated rings. The van der Waals surface area contributed by atoms with Crippen molar-refractivity contribution in [3.8, 4) is 0 Å². The Labute approximate surface area is 159 Å². The molecule has 0 aromatic carbocycles. The Bertz CT molecular complexity index is 637. The van der Waals surface area contributed by atoms with E-state index in [0.29, 0.717) is 13.0 Å². The third kappa shape index (κ3) is 3.80. The number of rotatable bonds is 4. The lowest BCUT2D eigenvalue weighted by atomic mass is 9.73. The molecule has 0 unspecified atom stereocenters. The van der Waals surface area contributed by atoms with Gasteiger partial charge in [-0.15, -0.1) is 0 Å². The van der Waals surface area contributed by atoms with E-state index in [1.165, 1.54) is 0 Å². The predicted octanol–water partition coefficient (Wildman–Crippen LogP) is 1.43. The normalized spacial score (nSPS) is 31.2. The number of urea groups is 1. The molecule has 150 valence electrons. The number of amides is 4. The quantitative estimate of drug-likeness (QED) is 0.589. The molecule has 8 heteroatoms. The molecule has 1 aliphatic carbocycles. The third-order valence-corrected chi connectivity index (χ3v) is 6.27. The van der Waals surface area contributed by atoms with E-state index in [1.54, 1.807) is 4.90 Å². The van der Waals surface area contributed by atoms with Crippen LogP contribution < -0.4 is 5.32 Å². The zero-order chi connectivity index (χ0) is 19.6. The van der Waals surface area contributed by atoms with Crippen LogP contribution >= 0.6 is 0 Å². The van der Waals surface area contributed by atoms with Crippen LogP contribution in [0.4, 0.5) is 4.79 Å². The van der Waals surface area contributed by atoms with Crippen LogP contribution in [0.15, 0.2) is 0 Å². The first-order valence-corrected chi connectivity index (χ1v) is 9.94. The maximum Gasteiger partial charge on any atom is 0.326 e. The number of piperidine rings is 1. The Morgan fingerprint density at radius 3 is 2.59 bits per heavy atom. The van der Waals surface area contributed by atoms with Gasteiger partial charge in [-0.1, -0.05) is 19.8 Å². The molecule has 1 spiro atoms. The van der Waals surface area contributed by atoms with Crippen LogP contribution in [0, 0.1) is 5.92 Å². The monoisotopic (exact) mass is 379 g/mol. The minimum atomic E-state index is -0.894. The summed E-state index contributed by atoms with van der Waals surface area (Å²) >= 11 is 0.